The highest BCUT2D eigenvalue weighted by Crippen LogP contribution is 2.44. The van der Waals surface area contributed by atoms with E-state index in [0.29, 0.717) is 0 Å². The van der Waals surface area contributed by atoms with Gasteiger partial charge in [0.1, 0.15) is 4.33 Å². The van der Waals surface area contributed by atoms with Crippen molar-refractivity contribution in [1.29, 1.82) is 0 Å². The Morgan fingerprint density at radius 1 is 0.875 bits per heavy atom. The van der Waals surface area contributed by atoms with Gasteiger partial charge in [-0.1, -0.05) is 53.1 Å². The Balaban J connectivity index is 0.000000191. The fraction of sp³-hybridized carbons (Fsp3) is 0.900. The van der Waals surface area contributed by atoms with Crippen molar-refractivity contribution in [3.05, 3.63) is 12.2 Å². The van der Waals surface area contributed by atoms with Gasteiger partial charge < -0.3 is 4.81 Å². The van der Waals surface area contributed by atoms with E-state index in [2.05, 4.69) is 51.6 Å². The van der Waals surface area contributed by atoms with E-state index in [1.165, 1.54) is 32.2 Å². The quantitative estimate of drug-likeness (QED) is 0.261. The highest BCUT2D eigenvalue weighted by atomic mass is 35.5. The van der Waals surface area contributed by atoms with Gasteiger partial charge in [0.15, 0.2) is 0 Å². The van der Waals surface area contributed by atoms with Crippen LogP contribution in [0.15, 0.2) is 12.2 Å². The molecule has 0 N–H and O–H groups in total. The summed E-state index contributed by atoms with van der Waals surface area (Å²) in [4.78, 5) is 2.58. The minimum atomic E-state index is -0.556. The SMILES string of the molecule is C1=CCN2CCCB2C1.CC(C)(Cl)Cl.CC1C(C)C(C)C(C)C1C. The highest BCUT2D eigenvalue weighted by molar-refractivity contribution is 6.57. The molecule has 2 heterocycles. The third kappa shape index (κ3) is 7.30. The molecule has 2 aliphatic heterocycles. The molecule has 0 aromatic carbocycles. The first-order chi connectivity index (χ1) is 11.0. The van der Waals surface area contributed by atoms with Crippen LogP contribution in [0.3, 0.4) is 0 Å². The summed E-state index contributed by atoms with van der Waals surface area (Å²) in [7, 11) is 0. The van der Waals surface area contributed by atoms with E-state index in [4.69, 9.17) is 23.2 Å². The van der Waals surface area contributed by atoms with Crippen LogP contribution in [0, 0.1) is 29.6 Å². The van der Waals surface area contributed by atoms with Crippen molar-refractivity contribution in [2.45, 2.75) is 71.9 Å². The van der Waals surface area contributed by atoms with Gasteiger partial charge in [0.05, 0.1) is 0 Å². The van der Waals surface area contributed by atoms with E-state index < -0.39 is 4.33 Å². The molecule has 1 saturated carbocycles. The van der Waals surface area contributed by atoms with Gasteiger partial charge in [-0.15, -0.1) is 23.2 Å². The standard InChI is InChI=1S/C10H20.C7H12BN.C3H6Cl2/c1-6-7(2)9(4)10(5)8(6)3;1-2-6-9-7-3-5-8(9)4-1;1-3(2,4)5/h6-10H,1-5H3;1-2H,3-7H2;1-2H3. The zero-order valence-corrected chi connectivity index (χ0v) is 18.4. The van der Waals surface area contributed by atoms with Crippen molar-refractivity contribution < 1.29 is 0 Å². The van der Waals surface area contributed by atoms with Gasteiger partial charge in [-0.05, 0) is 62.7 Å². The summed E-state index contributed by atoms with van der Waals surface area (Å²) in [6.45, 7) is 18.9. The molecule has 2 fully saturated rings. The molecule has 0 aromatic heterocycles. The van der Waals surface area contributed by atoms with E-state index in [9.17, 15) is 0 Å². The molecule has 1 aliphatic carbocycles. The van der Waals surface area contributed by atoms with Crippen LogP contribution >= 0.6 is 23.2 Å². The second-order valence-corrected chi connectivity index (χ2v) is 10.7. The Kier molecular flexibility index (Phi) is 9.22. The molecule has 0 amide bonds. The second-order valence-electron chi connectivity index (χ2n) is 8.62. The molecule has 0 unspecified atom stereocenters. The summed E-state index contributed by atoms with van der Waals surface area (Å²) >= 11 is 10.6. The zero-order chi connectivity index (χ0) is 18.5. The maximum atomic E-state index is 5.30. The first kappa shape index (κ1) is 22.4. The van der Waals surface area contributed by atoms with Crippen LogP contribution in [0.4, 0.5) is 0 Å². The fourth-order valence-electron chi connectivity index (χ4n) is 4.26. The largest absolute Gasteiger partial charge is 0.338 e. The van der Waals surface area contributed by atoms with Crippen molar-refractivity contribution in [2.24, 2.45) is 29.6 Å². The Morgan fingerprint density at radius 2 is 1.29 bits per heavy atom. The van der Waals surface area contributed by atoms with Crippen LogP contribution in [0.2, 0.25) is 12.6 Å². The number of alkyl halides is 2. The average Bonchev–Trinajstić information content (AvgIpc) is 3.03. The Morgan fingerprint density at radius 3 is 1.67 bits per heavy atom. The molecule has 0 aromatic rings. The summed E-state index contributed by atoms with van der Waals surface area (Å²) in [5.41, 5.74) is 0. The Hall–Kier alpha value is 0.345. The third-order valence-corrected chi connectivity index (χ3v) is 6.56. The molecular formula is C20H38BCl2N. The van der Waals surface area contributed by atoms with Crippen LogP contribution in [-0.4, -0.2) is 29.1 Å². The normalized spacial score (nSPS) is 35.7. The second kappa shape index (κ2) is 9.88. The number of rotatable bonds is 0. The van der Waals surface area contributed by atoms with Crippen LogP contribution < -0.4 is 0 Å². The predicted octanol–water partition coefficient (Wildman–Crippen LogP) is 6.63. The lowest BCUT2D eigenvalue weighted by molar-refractivity contribution is 0.352. The van der Waals surface area contributed by atoms with E-state index in [0.717, 1.165) is 36.4 Å². The minimum Gasteiger partial charge on any atom is -0.338 e. The van der Waals surface area contributed by atoms with Crippen LogP contribution in [0.1, 0.15) is 54.9 Å². The Labute approximate surface area is 161 Å². The number of hydrogen-bond donors (Lipinski definition) is 0. The van der Waals surface area contributed by atoms with E-state index in [1.54, 1.807) is 13.8 Å². The molecule has 0 atom stereocenters. The lowest BCUT2D eigenvalue weighted by Crippen LogP contribution is -2.35. The number of halogens is 2. The molecule has 3 aliphatic rings. The van der Waals surface area contributed by atoms with Crippen LogP contribution in [0.5, 0.6) is 0 Å². The summed E-state index contributed by atoms with van der Waals surface area (Å²) in [5, 5.41) is 0. The minimum absolute atomic E-state index is 0.556. The van der Waals surface area contributed by atoms with Crippen LogP contribution in [0.25, 0.3) is 0 Å². The number of allylic oxidation sites excluding steroid dienone is 1. The van der Waals surface area contributed by atoms with E-state index in [1.807, 2.05) is 0 Å². The first-order valence-corrected chi connectivity index (χ1v) is 10.5. The number of nitrogens with zero attached hydrogens (tertiary/aromatic N) is 1. The average molecular weight is 374 g/mol. The van der Waals surface area contributed by atoms with Crippen molar-refractivity contribution in [1.82, 2.24) is 4.81 Å². The van der Waals surface area contributed by atoms with Crippen molar-refractivity contribution >= 4 is 30.0 Å². The predicted molar refractivity (Wildman–Crippen MR) is 112 cm³/mol. The highest BCUT2D eigenvalue weighted by Gasteiger charge is 2.38. The van der Waals surface area contributed by atoms with Gasteiger partial charge in [-0.25, -0.2) is 0 Å². The van der Waals surface area contributed by atoms with Gasteiger partial charge in [-0.3, -0.25) is 0 Å². The lowest BCUT2D eigenvalue weighted by Gasteiger charge is -2.22. The molecular weight excluding hydrogens is 336 g/mol. The zero-order valence-electron chi connectivity index (χ0n) is 16.9. The molecule has 140 valence electrons. The van der Waals surface area contributed by atoms with Gasteiger partial charge in [0.25, 0.3) is 0 Å². The summed E-state index contributed by atoms with van der Waals surface area (Å²) in [6.07, 6.45) is 8.78. The summed E-state index contributed by atoms with van der Waals surface area (Å²) < 4.78 is -0.556. The maximum absolute atomic E-state index is 5.30. The smallest absolute Gasteiger partial charge is 0.227 e. The first-order valence-electron chi connectivity index (χ1n) is 9.79. The molecule has 24 heavy (non-hydrogen) atoms. The van der Waals surface area contributed by atoms with Crippen molar-refractivity contribution in [2.75, 3.05) is 13.1 Å². The molecule has 1 saturated heterocycles. The summed E-state index contributed by atoms with van der Waals surface area (Å²) in [6, 6.07) is 0. The molecule has 1 nitrogen and oxygen atoms in total. The Bertz CT molecular complexity index is 329. The molecule has 0 radical (unpaired) electrons. The fourth-order valence-corrected chi connectivity index (χ4v) is 4.26. The van der Waals surface area contributed by atoms with Gasteiger partial charge in [0, 0.05) is 6.54 Å². The topological polar surface area (TPSA) is 3.24 Å². The monoisotopic (exact) mass is 373 g/mol. The molecule has 0 spiro atoms. The number of hydrogen-bond acceptors (Lipinski definition) is 1. The van der Waals surface area contributed by atoms with E-state index >= 15 is 0 Å². The van der Waals surface area contributed by atoms with Crippen molar-refractivity contribution in [3.63, 3.8) is 0 Å². The maximum Gasteiger partial charge on any atom is 0.227 e. The third-order valence-electron chi connectivity index (χ3n) is 6.56. The lowest BCUT2D eigenvalue weighted by atomic mass is 9.55. The number of fused-ring (bicyclic) bond motifs is 1. The molecule has 3 rings (SSSR count). The molecule has 4 heteroatoms. The van der Waals surface area contributed by atoms with Gasteiger partial charge in [0.2, 0.25) is 6.85 Å². The van der Waals surface area contributed by atoms with Crippen LogP contribution in [-0.2, 0) is 0 Å². The summed E-state index contributed by atoms with van der Waals surface area (Å²) in [5.74, 6) is 4.68. The van der Waals surface area contributed by atoms with Gasteiger partial charge in [-0.2, -0.15) is 0 Å². The van der Waals surface area contributed by atoms with Gasteiger partial charge >= 0.3 is 0 Å². The van der Waals surface area contributed by atoms with E-state index in [-0.39, 0.29) is 0 Å². The molecule has 0 bridgehead atoms. The van der Waals surface area contributed by atoms with Crippen molar-refractivity contribution in [3.8, 4) is 0 Å².